The maximum atomic E-state index is 5.61. The number of aryl methyl sites for hydroxylation is 1. The summed E-state index contributed by atoms with van der Waals surface area (Å²) in [6.07, 6.45) is 0. The van der Waals surface area contributed by atoms with E-state index in [0.717, 1.165) is 10.0 Å². The van der Waals surface area contributed by atoms with Crippen LogP contribution in [0.2, 0.25) is 0 Å². The fourth-order valence-corrected chi connectivity index (χ4v) is 2.28. The topological polar surface area (TPSA) is 18.5 Å². The van der Waals surface area contributed by atoms with Crippen LogP contribution in [0.5, 0.6) is 0 Å². The molecule has 1 aliphatic rings. The van der Waals surface area contributed by atoms with Gasteiger partial charge in [-0.3, -0.25) is 0 Å². The molecule has 0 atom stereocenters. The highest BCUT2D eigenvalue weighted by Crippen LogP contribution is 2.33. The number of benzene rings is 1. The zero-order valence-corrected chi connectivity index (χ0v) is 9.93. The van der Waals surface area contributed by atoms with Crippen molar-refractivity contribution < 1.29 is 9.47 Å². The van der Waals surface area contributed by atoms with Crippen LogP contribution in [0.1, 0.15) is 18.1 Å². The van der Waals surface area contributed by atoms with Crippen LogP contribution in [-0.2, 0) is 15.3 Å². The average Bonchev–Trinajstić information content (AvgIpc) is 2.52. The summed E-state index contributed by atoms with van der Waals surface area (Å²) in [7, 11) is 0. The van der Waals surface area contributed by atoms with Gasteiger partial charge >= 0.3 is 0 Å². The summed E-state index contributed by atoms with van der Waals surface area (Å²) in [5.41, 5.74) is 2.29. The van der Waals surface area contributed by atoms with Crippen LogP contribution < -0.4 is 0 Å². The summed E-state index contributed by atoms with van der Waals surface area (Å²) >= 11 is 3.44. The first-order valence-corrected chi connectivity index (χ1v) is 5.46. The summed E-state index contributed by atoms with van der Waals surface area (Å²) in [6, 6.07) is 6.13. The van der Waals surface area contributed by atoms with Crippen molar-refractivity contribution in [3.05, 3.63) is 33.8 Å². The lowest BCUT2D eigenvalue weighted by Gasteiger charge is -2.24. The van der Waals surface area contributed by atoms with Gasteiger partial charge < -0.3 is 9.47 Å². The van der Waals surface area contributed by atoms with E-state index in [-0.39, 0.29) is 0 Å². The van der Waals surface area contributed by atoms with E-state index < -0.39 is 5.79 Å². The number of ether oxygens (including phenoxy) is 2. The van der Waals surface area contributed by atoms with E-state index in [1.165, 1.54) is 5.56 Å². The molecule has 0 aromatic heterocycles. The molecule has 0 saturated carbocycles. The molecule has 1 fully saturated rings. The van der Waals surface area contributed by atoms with Gasteiger partial charge in [-0.25, -0.2) is 0 Å². The number of hydrogen-bond acceptors (Lipinski definition) is 2. The SMILES string of the molecule is Cc1cc(Br)ccc1C1(C)OCCO1. The summed E-state index contributed by atoms with van der Waals surface area (Å²) in [4.78, 5) is 0. The first-order valence-electron chi connectivity index (χ1n) is 4.66. The van der Waals surface area contributed by atoms with Crippen molar-refractivity contribution in [2.75, 3.05) is 13.2 Å². The molecule has 0 unspecified atom stereocenters. The van der Waals surface area contributed by atoms with Gasteiger partial charge in [0.25, 0.3) is 0 Å². The first-order chi connectivity index (χ1) is 6.62. The van der Waals surface area contributed by atoms with Crippen LogP contribution in [0.15, 0.2) is 22.7 Å². The quantitative estimate of drug-likeness (QED) is 0.770. The summed E-state index contributed by atoms with van der Waals surface area (Å²) in [6.45, 7) is 5.38. The van der Waals surface area contributed by atoms with Crippen LogP contribution in [0.4, 0.5) is 0 Å². The molecule has 1 aromatic rings. The molecule has 14 heavy (non-hydrogen) atoms. The third-order valence-corrected chi connectivity index (χ3v) is 3.01. The molecule has 2 rings (SSSR count). The second-order valence-corrected chi connectivity index (χ2v) is 4.52. The Kier molecular flexibility index (Phi) is 2.64. The average molecular weight is 257 g/mol. The molecule has 76 valence electrons. The minimum absolute atomic E-state index is 0.551. The van der Waals surface area contributed by atoms with E-state index >= 15 is 0 Å². The number of hydrogen-bond donors (Lipinski definition) is 0. The lowest BCUT2D eigenvalue weighted by Crippen LogP contribution is -2.23. The van der Waals surface area contributed by atoms with Crippen molar-refractivity contribution >= 4 is 15.9 Å². The van der Waals surface area contributed by atoms with Gasteiger partial charge in [-0.2, -0.15) is 0 Å². The minimum atomic E-state index is -0.551. The van der Waals surface area contributed by atoms with Crippen LogP contribution in [0.25, 0.3) is 0 Å². The molecule has 1 saturated heterocycles. The molecule has 3 heteroatoms. The molecule has 1 aliphatic heterocycles. The molecular formula is C11H13BrO2. The van der Waals surface area contributed by atoms with Gasteiger partial charge in [0, 0.05) is 10.0 Å². The fourth-order valence-electron chi connectivity index (χ4n) is 1.81. The summed E-state index contributed by atoms with van der Waals surface area (Å²) in [5.74, 6) is -0.551. The molecule has 0 amide bonds. The monoisotopic (exact) mass is 256 g/mol. The van der Waals surface area contributed by atoms with Crippen molar-refractivity contribution in [3.8, 4) is 0 Å². The third kappa shape index (κ3) is 1.72. The molecule has 0 bridgehead atoms. The zero-order chi connectivity index (χ0) is 10.2. The van der Waals surface area contributed by atoms with E-state index in [2.05, 4.69) is 28.9 Å². The van der Waals surface area contributed by atoms with E-state index in [1.54, 1.807) is 0 Å². The Morgan fingerprint density at radius 1 is 1.29 bits per heavy atom. The van der Waals surface area contributed by atoms with E-state index in [9.17, 15) is 0 Å². The lowest BCUT2D eigenvalue weighted by atomic mass is 10.0. The van der Waals surface area contributed by atoms with Crippen LogP contribution >= 0.6 is 15.9 Å². The Hall–Kier alpha value is -0.380. The van der Waals surface area contributed by atoms with Crippen LogP contribution in [0.3, 0.4) is 0 Å². The van der Waals surface area contributed by atoms with Gasteiger partial charge in [0.05, 0.1) is 13.2 Å². The maximum Gasteiger partial charge on any atom is 0.192 e. The van der Waals surface area contributed by atoms with Gasteiger partial charge in [0.2, 0.25) is 0 Å². The normalized spacial score (nSPS) is 19.9. The fraction of sp³-hybridized carbons (Fsp3) is 0.455. The van der Waals surface area contributed by atoms with Gasteiger partial charge in [0.1, 0.15) is 0 Å². The predicted octanol–water partition coefficient (Wildman–Crippen LogP) is 2.98. The van der Waals surface area contributed by atoms with Crippen molar-refractivity contribution in [1.29, 1.82) is 0 Å². The smallest absolute Gasteiger partial charge is 0.192 e. The van der Waals surface area contributed by atoms with Crippen molar-refractivity contribution in [3.63, 3.8) is 0 Å². The van der Waals surface area contributed by atoms with Crippen molar-refractivity contribution in [2.24, 2.45) is 0 Å². The van der Waals surface area contributed by atoms with E-state index in [1.807, 2.05) is 19.1 Å². The predicted molar refractivity (Wildman–Crippen MR) is 58.1 cm³/mol. The molecule has 1 heterocycles. The molecule has 0 aliphatic carbocycles. The second kappa shape index (κ2) is 3.65. The first kappa shape index (κ1) is 10.1. The highest BCUT2D eigenvalue weighted by Gasteiger charge is 2.34. The van der Waals surface area contributed by atoms with E-state index in [0.29, 0.717) is 13.2 Å². The molecule has 0 spiro atoms. The zero-order valence-electron chi connectivity index (χ0n) is 8.34. The molecular weight excluding hydrogens is 244 g/mol. The Labute approximate surface area is 92.3 Å². The summed E-state index contributed by atoms with van der Waals surface area (Å²) < 4.78 is 12.3. The van der Waals surface area contributed by atoms with Crippen molar-refractivity contribution in [2.45, 2.75) is 19.6 Å². The summed E-state index contributed by atoms with van der Waals surface area (Å²) in [5, 5.41) is 0. The molecule has 1 aromatic carbocycles. The number of rotatable bonds is 1. The lowest BCUT2D eigenvalue weighted by molar-refractivity contribution is -0.150. The third-order valence-electron chi connectivity index (χ3n) is 2.52. The standard InChI is InChI=1S/C11H13BrO2/c1-8-7-9(12)3-4-10(8)11(2)13-5-6-14-11/h3-4,7H,5-6H2,1-2H3. The Morgan fingerprint density at radius 2 is 1.93 bits per heavy atom. The van der Waals surface area contributed by atoms with Gasteiger partial charge in [-0.1, -0.05) is 22.0 Å². The van der Waals surface area contributed by atoms with Gasteiger partial charge in [0.15, 0.2) is 5.79 Å². The molecule has 0 N–H and O–H groups in total. The highest BCUT2D eigenvalue weighted by molar-refractivity contribution is 9.10. The maximum absolute atomic E-state index is 5.61. The minimum Gasteiger partial charge on any atom is -0.344 e. The van der Waals surface area contributed by atoms with E-state index in [4.69, 9.17) is 9.47 Å². The van der Waals surface area contributed by atoms with Crippen molar-refractivity contribution in [1.82, 2.24) is 0 Å². The Bertz CT molecular complexity index is 343. The second-order valence-electron chi connectivity index (χ2n) is 3.60. The largest absolute Gasteiger partial charge is 0.344 e. The number of halogens is 1. The molecule has 0 radical (unpaired) electrons. The highest BCUT2D eigenvalue weighted by atomic mass is 79.9. The van der Waals surface area contributed by atoms with Gasteiger partial charge in [-0.15, -0.1) is 0 Å². The Balaban J connectivity index is 2.40. The van der Waals surface area contributed by atoms with Crippen LogP contribution in [0, 0.1) is 6.92 Å². The van der Waals surface area contributed by atoms with Crippen LogP contribution in [-0.4, -0.2) is 13.2 Å². The van der Waals surface area contributed by atoms with Gasteiger partial charge in [-0.05, 0) is 31.5 Å². The Morgan fingerprint density at radius 3 is 2.50 bits per heavy atom. The molecule has 2 nitrogen and oxygen atoms in total.